The average molecular weight is 221 g/mol. The van der Waals surface area contributed by atoms with Crippen LogP contribution in [0, 0.1) is 0 Å². The molecule has 16 heavy (non-hydrogen) atoms. The number of hydrogen-bond acceptors (Lipinski definition) is 4. The van der Waals surface area contributed by atoms with Gasteiger partial charge in [0.05, 0.1) is 5.69 Å². The lowest BCUT2D eigenvalue weighted by Crippen LogP contribution is -2.43. The molecule has 0 fully saturated rings. The molecule has 84 valence electrons. The number of nitrogen functional groups attached to an aromatic ring is 1. The minimum Gasteiger partial charge on any atom is -0.399 e. The van der Waals surface area contributed by atoms with Gasteiger partial charge in [-0.2, -0.15) is 0 Å². The Bertz CT molecular complexity index is 439. The highest BCUT2D eigenvalue weighted by Crippen LogP contribution is 2.16. The van der Waals surface area contributed by atoms with E-state index in [1.807, 2.05) is 0 Å². The van der Waals surface area contributed by atoms with E-state index in [1.54, 1.807) is 0 Å². The van der Waals surface area contributed by atoms with E-state index in [2.05, 4.69) is 0 Å². The van der Waals surface area contributed by atoms with Crippen LogP contribution in [0.1, 0.15) is 6.92 Å². The molecule has 0 unspecified atom stereocenters. The van der Waals surface area contributed by atoms with Gasteiger partial charge in [-0.05, 0) is 24.3 Å². The molecule has 0 aliphatic rings. The second-order valence-corrected chi connectivity index (χ2v) is 3.12. The van der Waals surface area contributed by atoms with Crippen molar-refractivity contribution in [3.05, 3.63) is 24.3 Å². The second kappa shape index (κ2) is 4.43. The van der Waals surface area contributed by atoms with E-state index in [0.717, 1.165) is 6.92 Å². The molecule has 0 bridgehead atoms. The van der Waals surface area contributed by atoms with Crippen LogP contribution < -0.4 is 16.4 Å². The van der Waals surface area contributed by atoms with Gasteiger partial charge in [-0.1, -0.05) is 0 Å². The molecule has 1 aromatic carbocycles. The van der Waals surface area contributed by atoms with Crippen LogP contribution in [0.4, 0.5) is 11.4 Å². The molecule has 0 aromatic heterocycles. The van der Waals surface area contributed by atoms with Gasteiger partial charge in [0, 0.05) is 12.6 Å². The van der Waals surface area contributed by atoms with Gasteiger partial charge in [0.15, 0.2) is 0 Å². The third-order valence-electron chi connectivity index (χ3n) is 1.88. The molecule has 0 saturated heterocycles. The first-order valence-electron chi connectivity index (χ1n) is 4.43. The van der Waals surface area contributed by atoms with Gasteiger partial charge in [0.1, 0.15) is 0 Å². The Kier molecular flexibility index (Phi) is 3.24. The average Bonchev–Trinajstić information content (AvgIpc) is 2.20. The molecule has 0 radical (unpaired) electrons. The van der Waals surface area contributed by atoms with Crippen molar-refractivity contribution < 1.29 is 14.4 Å². The zero-order valence-electron chi connectivity index (χ0n) is 8.64. The summed E-state index contributed by atoms with van der Waals surface area (Å²) in [4.78, 5) is 34.0. The van der Waals surface area contributed by atoms with Crippen LogP contribution in [0.25, 0.3) is 0 Å². The second-order valence-electron chi connectivity index (χ2n) is 3.12. The largest absolute Gasteiger partial charge is 0.399 e. The van der Waals surface area contributed by atoms with E-state index < -0.39 is 17.7 Å². The van der Waals surface area contributed by atoms with Crippen molar-refractivity contribution in [2.75, 3.05) is 10.6 Å². The zero-order valence-corrected chi connectivity index (χ0v) is 8.64. The third-order valence-corrected chi connectivity index (χ3v) is 1.88. The number of primary amides is 1. The highest BCUT2D eigenvalue weighted by Gasteiger charge is 2.24. The van der Waals surface area contributed by atoms with E-state index in [9.17, 15) is 14.4 Å². The Labute approximate surface area is 91.8 Å². The minimum absolute atomic E-state index is 0.255. The summed E-state index contributed by atoms with van der Waals surface area (Å²) in [6.45, 7) is 1.16. The summed E-state index contributed by atoms with van der Waals surface area (Å²) in [6.07, 6.45) is 0. The molecule has 0 saturated carbocycles. The molecule has 1 rings (SSSR count). The SMILES string of the molecule is CC(=O)N(C(=O)C(N)=O)c1ccc(N)cc1. The van der Waals surface area contributed by atoms with Crippen LogP contribution in [0.15, 0.2) is 24.3 Å². The predicted molar refractivity (Wildman–Crippen MR) is 58.2 cm³/mol. The predicted octanol–water partition coefficient (Wildman–Crippen LogP) is -0.366. The topological polar surface area (TPSA) is 106 Å². The summed E-state index contributed by atoms with van der Waals surface area (Å²) < 4.78 is 0. The van der Waals surface area contributed by atoms with Crippen molar-refractivity contribution >= 4 is 29.1 Å². The summed E-state index contributed by atoms with van der Waals surface area (Å²) >= 11 is 0. The Balaban J connectivity index is 3.13. The first-order valence-corrected chi connectivity index (χ1v) is 4.43. The Morgan fingerprint density at radius 3 is 2.00 bits per heavy atom. The fourth-order valence-corrected chi connectivity index (χ4v) is 1.18. The summed E-state index contributed by atoms with van der Waals surface area (Å²) in [7, 11) is 0. The molecule has 0 heterocycles. The van der Waals surface area contributed by atoms with Gasteiger partial charge in [-0.3, -0.25) is 14.4 Å². The molecule has 6 nitrogen and oxygen atoms in total. The highest BCUT2D eigenvalue weighted by molar-refractivity contribution is 6.44. The standard InChI is InChI=1S/C10H11N3O3/c1-6(14)13(10(16)9(12)15)8-4-2-7(11)3-5-8/h2-5H,11H2,1H3,(H2,12,15). The lowest BCUT2D eigenvalue weighted by atomic mass is 10.2. The van der Waals surface area contributed by atoms with Crippen LogP contribution >= 0.6 is 0 Å². The van der Waals surface area contributed by atoms with Crippen LogP contribution in [-0.2, 0) is 14.4 Å². The number of carbonyl (C=O) groups is 3. The maximum atomic E-state index is 11.4. The lowest BCUT2D eigenvalue weighted by molar-refractivity contribution is -0.137. The van der Waals surface area contributed by atoms with E-state index in [-0.39, 0.29) is 5.69 Å². The quantitative estimate of drug-likeness (QED) is 0.498. The van der Waals surface area contributed by atoms with Gasteiger partial charge >= 0.3 is 11.8 Å². The van der Waals surface area contributed by atoms with Gasteiger partial charge in [0.2, 0.25) is 5.91 Å². The fourth-order valence-electron chi connectivity index (χ4n) is 1.18. The maximum Gasteiger partial charge on any atom is 0.322 e. The van der Waals surface area contributed by atoms with Gasteiger partial charge in [0.25, 0.3) is 0 Å². The smallest absolute Gasteiger partial charge is 0.322 e. The number of hydrogen-bond donors (Lipinski definition) is 2. The van der Waals surface area contributed by atoms with Crippen molar-refractivity contribution in [2.24, 2.45) is 5.73 Å². The highest BCUT2D eigenvalue weighted by atomic mass is 16.2. The van der Waals surface area contributed by atoms with E-state index in [4.69, 9.17) is 11.5 Å². The number of amides is 3. The molecule has 6 heteroatoms. The molecule has 4 N–H and O–H groups in total. The number of nitrogens with zero attached hydrogens (tertiary/aromatic N) is 1. The summed E-state index contributed by atoms with van der Waals surface area (Å²) in [6, 6.07) is 5.94. The molecule has 0 atom stereocenters. The number of imide groups is 1. The molecule has 0 aliphatic heterocycles. The molecular formula is C10H11N3O3. The van der Waals surface area contributed by atoms with E-state index in [0.29, 0.717) is 10.6 Å². The number of benzene rings is 1. The minimum atomic E-state index is -1.19. The first-order chi connectivity index (χ1) is 7.43. The van der Waals surface area contributed by atoms with Crippen LogP contribution in [0.5, 0.6) is 0 Å². The number of anilines is 2. The fraction of sp³-hybridized carbons (Fsp3) is 0.100. The van der Waals surface area contributed by atoms with Crippen molar-refractivity contribution in [3.63, 3.8) is 0 Å². The number of carbonyl (C=O) groups excluding carboxylic acids is 3. The van der Waals surface area contributed by atoms with Crippen molar-refractivity contribution in [2.45, 2.75) is 6.92 Å². The van der Waals surface area contributed by atoms with Crippen LogP contribution in [0.2, 0.25) is 0 Å². The molecule has 0 aliphatic carbocycles. The maximum absolute atomic E-state index is 11.4. The summed E-state index contributed by atoms with van der Waals surface area (Å²) in [5.41, 5.74) is 11.0. The summed E-state index contributed by atoms with van der Waals surface area (Å²) in [5, 5.41) is 0. The number of nitrogens with two attached hydrogens (primary N) is 2. The van der Waals surface area contributed by atoms with Crippen molar-refractivity contribution in [1.82, 2.24) is 0 Å². The number of rotatable bonds is 1. The van der Waals surface area contributed by atoms with Gasteiger partial charge < -0.3 is 11.5 Å². The lowest BCUT2D eigenvalue weighted by Gasteiger charge is -2.17. The van der Waals surface area contributed by atoms with Gasteiger partial charge in [-0.15, -0.1) is 0 Å². The van der Waals surface area contributed by atoms with E-state index >= 15 is 0 Å². The van der Waals surface area contributed by atoms with Crippen LogP contribution in [-0.4, -0.2) is 17.7 Å². The molecule has 3 amide bonds. The Morgan fingerprint density at radius 2 is 1.62 bits per heavy atom. The molecular weight excluding hydrogens is 210 g/mol. The van der Waals surface area contributed by atoms with Crippen molar-refractivity contribution in [1.29, 1.82) is 0 Å². The summed E-state index contributed by atoms with van der Waals surface area (Å²) in [5.74, 6) is -2.85. The Hall–Kier alpha value is -2.37. The molecule has 1 aromatic rings. The molecule has 0 spiro atoms. The normalized spacial score (nSPS) is 9.56. The zero-order chi connectivity index (χ0) is 12.3. The first kappa shape index (κ1) is 11.7. The van der Waals surface area contributed by atoms with Crippen molar-refractivity contribution in [3.8, 4) is 0 Å². The monoisotopic (exact) mass is 221 g/mol. The van der Waals surface area contributed by atoms with E-state index in [1.165, 1.54) is 24.3 Å². The van der Waals surface area contributed by atoms with Crippen LogP contribution in [0.3, 0.4) is 0 Å². The third kappa shape index (κ3) is 2.35. The Morgan fingerprint density at radius 1 is 1.12 bits per heavy atom. The van der Waals surface area contributed by atoms with Gasteiger partial charge in [-0.25, -0.2) is 4.90 Å².